The van der Waals surface area contributed by atoms with Crippen LogP contribution in [0.15, 0.2) is 17.5 Å². The van der Waals surface area contributed by atoms with Gasteiger partial charge < -0.3 is 15.5 Å². The lowest BCUT2D eigenvalue weighted by atomic mass is 10.2. The minimum Gasteiger partial charge on any atom is -0.338 e. The van der Waals surface area contributed by atoms with Crippen LogP contribution in [0.25, 0.3) is 0 Å². The molecule has 7 heteroatoms. The zero-order valence-corrected chi connectivity index (χ0v) is 13.8. The van der Waals surface area contributed by atoms with Gasteiger partial charge in [0.25, 0.3) is 5.91 Å². The van der Waals surface area contributed by atoms with Crippen LogP contribution >= 0.6 is 23.1 Å². The number of hydrogen-bond acceptors (Lipinski definition) is 5. The first-order valence-electron chi connectivity index (χ1n) is 6.99. The van der Waals surface area contributed by atoms with Gasteiger partial charge in [0.15, 0.2) is 0 Å². The van der Waals surface area contributed by atoms with Crippen LogP contribution in [0.3, 0.4) is 0 Å². The highest BCUT2D eigenvalue weighted by atomic mass is 32.2. The molecule has 2 N–H and O–H groups in total. The molecule has 0 unspecified atom stereocenters. The Morgan fingerprint density at radius 3 is 2.57 bits per heavy atom. The van der Waals surface area contributed by atoms with Gasteiger partial charge in [-0.25, -0.2) is 0 Å². The van der Waals surface area contributed by atoms with E-state index in [1.807, 2.05) is 28.7 Å². The number of carbonyl (C=O) groups excluding carboxylic acids is 2. The molecule has 0 spiro atoms. The van der Waals surface area contributed by atoms with E-state index < -0.39 is 6.04 Å². The van der Waals surface area contributed by atoms with E-state index in [2.05, 4.69) is 0 Å². The quantitative estimate of drug-likeness (QED) is 0.880. The predicted octanol–water partition coefficient (Wildman–Crippen LogP) is 1.11. The van der Waals surface area contributed by atoms with E-state index in [1.54, 1.807) is 16.7 Å². The maximum absolute atomic E-state index is 12.2. The number of hydrogen-bond donors (Lipinski definition) is 1. The molecule has 0 radical (unpaired) electrons. The number of piperazine rings is 1. The second-order valence-corrected chi connectivity index (χ2v) is 6.92. The maximum Gasteiger partial charge on any atom is 0.264 e. The number of rotatable bonds is 5. The number of thiophene rings is 1. The summed E-state index contributed by atoms with van der Waals surface area (Å²) in [4.78, 5) is 28.8. The summed E-state index contributed by atoms with van der Waals surface area (Å²) < 4.78 is 0. The fraction of sp³-hybridized carbons (Fsp3) is 0.571. The van der Waals surface area contributed by atoms with Crippen molar-refractivity contribution in [3.8, 4) is 0 Å². The third kappa shape index (κ3) is 4.21. The molecule has 5 nitrogen and oxygen atoms in total. The third-order valence-electron chi connectivity index (χ3n) is 3.56. The first-order chi connectivity index (χ1) is 10.1. The average molecular weight is 327 g/mol. The van der Waals surface area contributed by atoms with E-state index in [4.69, 9.17) is 5.73 Å². The largest absolute Gasteiger partial charge is 0.338 e. The Bertz CT molecular complexity index is 471. The fourth-order valence-corrected chi connectivity index (χ4v) is 3.47. The minimum atomic E-state index is -0.419. The zero-order valence-electron chi connectivity index (χ0n) is 12.2. The molecule has 21 heavy (non-hydrogen) atoms. The molecule has 1 aliphatic heterocycles. The SMILES string of the molecule is CSCC[C@@H](N)C(=O)N1CCN(C(=O)c2cccs2)CC1. The predicted molar refractivity (Wildman–Crippen MR) is 87.8 cm³/mol. The van der Waals surface area contributed by atoms with Crippen molar-refractivity contribution in [3.63, 3.8) is 0 Å². The Hall–Kier alpha value is -1.05. The molecule has 0 saturated carbocycles. The first kappa shape index (κ1) is 16.3. The second-order valence-electron chi connectivity index (χ2n) is 4.98. The van der Waals surface area contributed by atoms with E-state index in [-0.39, 0.29) is 11.8 Å². The fourth-order valence-electron chi connectivity index (χ4n) is 2.29. The molecule has 0 aromatic carbocycles. The van der Waals surface area contributed by atoms with Crippen LogP contribution in [0.4, 0.5) is 0 Å². The summed E-state index contributed by atoms with van der Waals surface area (Å²) in [7, 11) is 0. The highest BCUT2D eigenvalue weighted by molar-refractivity contribution is 7.98. The molecular weight excluding hydrogens is 306 g/mol. The summed E-state index contributed by atoms with van der Waals surface area (Å²) in [5.41, 5.74) is 5.92. The van der Waals surface area contributed by atoms with Gasteiger partial charge in [-0.15, -0.1) is 11.3 Å². The van der Waals surface area contributed by atoms with E-state index in [1.165, 1.54) is 11.3 Å². The van der Waals surface area contributed by atoms with Crippen LogP contribution < -0.4 is 5.73 Å². The van der Waals surface area contributed by atoms with E-state index in [0.29, 0.717) is 32.6 Å². The summed E-state index contributed by atoms with van der Waals surface area (Å²) in [6.07, 6.45) is 2.71. The average Bonchev–Trinajstić information content (AvgIpc) is 3.05. The number of carbonyl (C=O) groups is 2. The lowest BCUT2D eigenvalue weighted by molar-refractivity contribution is -0.134. The van der Waals surface area contributed by atoms with E-state index in [0.717, 1.165) is 10.6 Å². The Morgan fingerprint density at radius 1 is 1.33 bits per heavy atom. The molecule has 1 aromatic heterocycles. The van der Waals surface area contributed by atoms with Crippen molar-refractivity contribution in [2.75, 3.05) is 38.2 Å². The summed E-state index contributed by atoms with van der Waals surface area (Å²) in [5.74, 6) is 0.958. The molecule has 116 valence electrons. The van der Waals surface area contributed by atoms with Crippen molar-refractivity contribution in [2.45, 2.75) is 12.5 Å². The van der Waals surface area contributed by atoms with Gasteiger partial charge in [0, 0.05) is 26.2 Å². The van der Waals surface area contributed by atoms with Crippen LogP contribution in [0, 0.1) is 0 Å². The zero-order chi connectivity index (χ0) is 15.2. The van der Waals surface area contributed by atoms with Crippen LogP contribution in [-0.4, -0.2) is 65.8 Å². The van der Waals surface area contributed by atoms with E-state index >= 15 is 0 Å². The highest BCUT2D eigenvalue weighted by Gasteiger charge is 2.27. The molecule has 1 saturated heterocycles. The summed E-state index contributed by atoms with van der Waals surface area (Å²) in [6, 6.07) is 3.29. The van der Waals surface area contributed by atoms with Crippen molar-refractivity contribution in [3.05, 3.63) is 22.4 Å². The summed E-state index contributed by atoms with van der Waals surface area (Å²) >= 11 is 3.15. The monoisotopic (exact) mass is 327 g/mol. The number of thioether (sulfide) groups is 1. The normalized spacial score (nSPS) is 16.9. The Labute approximate surface area is 133 Å². The summed E-state index contributed by atoms with van der Waals surface area (Å²) in [5, 5.41) is 1.90. The third-order valence-corrected chi connectivity index (χ3v) is 5.06. The van der Waals surface area contributed by atoms with Gasteiger partial charge in [-0.2, -0.15) is 11.8 Å². The van der Waals surface area contributed by atoms with Gasteiger partial charge in [-0.05, 0) is 29.9 Å². The number of nitrogens with two attached hydrogens (primary N) is 1. The molecule has 1 atom stereocenters. The summed E-state index contributed by atoms with van der Waals surface area (Å²) in [6.45, 7) is 2.31. The Kier molecular flexibility index (Phi) is 6.08. The molecule has 1 aliphatic rings. The second kappa shape index (κ2) is 7.82. The van der Waals surface area contributed by atoms with Gasteiger partial charge in [0.2, 0.25) is 5.91 Å². The minimum absolute atomic E-state index is 0.00673. The van der Waals surface area contributed by atoms with Gasteiger partial charge in [-0.1, -0.05) is 6.07 Å². The van der Waals surface area contributed by atoms with Gasteiger partial charge in [0.1, 0.15) is 0 Å². The van der Waals surface area contributed by atoms with Crippen LogP contribution in [-0.2, 0) is 4.79 Å². The molecule has 2 heterocycles. The maximum atomic E-state index is 12.2. The molecular formula is C14H21N3O2S2. The van der Waals surface area contributed by atoms with Gasteiger partial charge in [0.05, 0.1) is 10.9 Å². The topological polar surface area (TPSA) is 66.6 Å². The van der Waals surface area contributed by atoms with Gasteiger partial charge >= 0.3 is 0 Å². The lowest BCUT2D eigenvalue weighted by Crippen LogP contribution is -2.54. The van der Waals surface area contributed by atoms with Crippen LogP contribution in [0.5, 0.6) is 0 Å². The lowest BCUT2D eigenvalue weighted by Gasteiger charge is -2.35. The van der Waals surface area contributed by atoms with Crippen LogP contribution in [0.2, 0.25) is 0 Å². The number of amides is 2. The molecule has 0 bridgehead atoms. The molecule has 2 amide bonds. The smallest absolute Gasteiger partial charge is 0.264 e. The first-order valence-corrected chi connectivity index (χ1v) is 9.27. The van der Waals surface area contributed by atoms with Gasteiger partial charge in [-0.3, -0.25) is 9.59 Å². The van der Waals surface area contributed by atoms with Crippen molar-refractivity contribution in [1.82, 2.24) is 9.80 Å². The standard InChI is InChI=1S/C14H21N3O2S2/c1-20-10-4-11(15)13(18)16-5-7-17(8-6-16)14(19)12-3-2-9-21-12/h2-3,9,11H,4-8,10,15H2,1H3/t11-/m1/s1. The van der Waals surface area contributed by atoms with E-state index in [9.17, 15) is 9.59 Å². The van der Waals surface area contributed by atoms with Crippen molar-refractivity contribution in [2.24, 2.45) is 5.73 Å². The molecule has 1 aromatic rings. The molecule has 0 aliphatic carbocycles. The molecule has 1 fully saturated rings. The molecule has 2 rings (SSSR count). The number of nitrogens with zero attached hydrogens (tertiary/aromatic N) is 2. The highest BCUT2D eigenvalue weighted by Crippen LogP contribution is 2.14. The van der Waals surface area contributed by atoms with Crippen molar-refractivity contribution < 1.29 is 9.59 Å². The van der Waals surface area contributed by atoms with Crippen molar-refractivity contribution >= 4 is 34.9 Å². The van der Waals surface area contributed by atoms with Crippen LogP contribution in [0.1, 0.15) is 16.1 Å². The van der Waals surface area contributed by atoms with Crippen molar-refractivity contribution in [1.29, 1.82) is 0 Å². The Balaban J connectivity index is 1.83. The Morgan fingerprint density at radius 2 is 2.00 bits per heavy atom.